The van der Waals surface area contributed by atoms with Crippen LogP contribution in [0.4, 0.5) is 0 Å². The normalized spacial score (nSPS) is 18.6. The van der Waals surface area contributed by atoms with E-state index in [-0.39, 0.29) is 5.91 Å². The third-order valence-electron chi connectivity index (χ3n) is 4.12. The lowest BCUT2D eigenvalue weighted by molar-refractivity contribution is -0.124. The SMILES string of the molecule is O=C(NCCc1ccccc1)C1CCCN1S(=O)(=O)c1cccs1. The maximum absolute atomic E-state index is 12.7. The summed E-state index contributed by atoms with van der Waals surface area (Å²) >= 11 is 1.18. The Bertz CT molecular complexity index is 773. The molecule has 5 nitrogen and oxygen atoms in total. The van der Waals surface area contributed by atoms with Gasteiger partial charge < -0.3 is 5.32 Å². The van der Waals surface area contributed by atoms with E-state index >= 15 is 0 Å². The Morgan fingerprint density at radius 1 is 1.21 bits per heavy atom. The highest BCUT2D eigenvalue weighted by Crippen LogP contribution is 2.28. The zero-order valence-electron chi connectivity index (χ0n) is 13.2. The minimum Gasteiger partial charge on any atom is -0.354 e. The standard InChI is InChI=1S/C17H20N2O3S2/c20-17(18-11-10-14-6-2-1-3-7-14)15-8-4-12-19(15)24(21,22)16-9-5-13-23-16/h1-3,5-7,9,13,15H,4,8,10-12H2,(H,18,20). The molecule has 2 aromatic rings. The quantitative estimate of drug-likeness (QED) is 0.855. The van der Waals surface area contributed by atoms with Crippen molar-refractivity contribution in [2.45, 2.75) is 29.5 Å². The lowest BCUT2D eigenvalue weighted by atomic mass is 10.1. The molecule has 0 bridgehead atoms. The van der Waals surface area contributed by atoms with Crippen LogP contribution in [0.1, 0.15) is 18.4 Å². The molecule has 1 fully saturated rings. The zero-order chi connectivity index (χ0) is 17.0. The van der Waals surface area contributed by atoms with Gasteiger partial charge in [0, 0.05) is 13.1 Å². The highest BCUT2D eigenvalue weighted by Gasteiger charge is 2.39. The van der Waals surface area contributed by atoms with Crippen molar-refractivity contribution in [1.29, 1.82) is 0 Å². The fourth-order valence-electron chi connectivity index (χ4n) is 2.91. The predicted octanol–water partition coefficient (Wildman–Crippen LogP) is 2.26. The fourth-order valence-corrected chi connectivity index (χ4v) is 5.68. The van der Waals surface area contributed by atoms with Crippen molar-refractivity contribution in [3.8, 4) is 0 Å². The van der Waals surface area contributed by atoms with Crippen LogP contribution in [-0.4, -0.2) is 37.8 Å². The highest BCUT2D eigenvalue weighted by molar-refractivity contribution is 7.91. The van der Waals surface area contributed by atoms with Crippen LogP contribution in [0, 0.1) is 0 Å². The largest absolute Gasteiger partial charge is 0.354 e. The number of amides is 1. The molecule has 1 saturated heterocycles. The van der Waals surface area contributed by atoms with E-state index in [1.165, 1.54) is 15.6 Å². The number of benzene rings is 1. The summed E-state index contributed by atoms with van der Waals surface area (Å²) < 4.78 is 27.0. The van der Waals surface area contributed by atoms with Crippen LogP contribution >= 0.6 is 11.3 Å². The Morgan fingerprint density at radius 3 is 2.71 bits per heavy atom. The Labute approximate surface area is 146 Å². The van der Waals surface area contributed by atoms with E-state index in [4.69, 9.17) is 0 Å². The Kier molecular flexibility index (Phi) is 5.33. The molecule has 0 spiro atoms. The van der Waals surface area contributed by atoms with Gasteiger partial charge >= 0.3 is 0 Å². The van der Waals surface area contributed by atoms with E-state index in [1.54, 1.807) is 17.5 Å². The second-order valence-corrected chi connectivity index (χ2v) is 8.80. The fraction of sp³-hybridized carbons (Fsp3) is 0.353. The number of sulfonamides is 1. The van der Waals surface area contributed by atoms with Gasteiger partial charge in [0.2, 0.25) is 5.91 Å². The average Bonchev–Trinajstić information content (AvgIpc) is 3.28. The molecule has 128 valence electrons. The van der Waals surface area contributed by atoms with Crippen molar-refractivity contribution in [3.05, 3.63) is 53.4 Å². The molecule has 2 heterocycles. The molecular formula is C17H20N2O3S2. The molecule has 1 aromatic carbocycles. The summed E-state index contributed by atoms with van der Waals surface area (Å²) in [5, 5.41) is 4.61. The van der Waals surface area contributed by atoms with Crippen molar-refractivity contribution < 1.29 is 13.2 Å². The minimum absolute atomic E-state index is 0.205. The number of hydrogen-bond acceptors (Lipinski definition) is 4. The number of nitrogens with one attached hydrogen (secondary N) is 1. The van der Waals surface area contributed by atoms with Gasteiger partial charge in [0.25, 0.3) is 10.0 Å². The summed E-state index contributed by atoms with van der Waals surface area (Å²) in [6.45, 7) is 0.906. The molecule has 1 N–H and O–H groups in total. The zero-order valence-corrected chi connectivity index (χ0v) is 14.9. The highest BCUT2D eigenvalue weighted by atomic mass is 32.2. The third-order valence-corrected chi connectivity index (χ3v) is 7.40. The van der Waals surface area contributed by atoms with Gasteiger partial charge in [0.1, 0.15) is 10.3 Å². The smallest absolute Gasteiger partial charge is 0.253 e. The van der Waals surface area contributed by atoms with Gasteiger partial charge in [-0.05, 0) is 36.3 Å². The van der Waals surface area contributed by atoms with E-state index in [1.807, 2.05) is 30.3 Å². The summed E-state index contributed by atoms with van der Waals surface area (Å²) in [5.41, 5.74) is 1.15. The van der Waals surface area contributed by atoms with Crippen LogP contribution in [0.25, 0.3) is 0 Å². The molecule has 1 amide bonds. The molecule has 0 aliphatic carbocycles. The second kappa shape index (κ2) is 7.46. The van der Waals surface area contributed by atoms with Crippen LogP contribution in [-0.2, 0) is 21.2 Å². The lowest BCUT2D eigenvalue weighted by Gasteiger charge is -2.22. The molecule has 24 heavy (non-hydrogen) atoms. The summed E-state index contributed by atoms with van der Waals surface area (Å²) in [6, 6.07) is 12.6. The molecule has 1 unspecified atom stereocenters. The lowest BCUT2D eigenvalue weighted by Crippen LogP contribution is -2.46. The summed E-state index contributed by atoms with van der Waals surface area (Å²) in [4.78, 5) is 12.4. The van der Waals surface area contributed by atoms with Crippen LogP contribution in [0.2, 0.25) is 0 Å². The predicted molar refractivity (Wildman–Crippen MR) is 94.4 cm³/mol. The second-order valence-electron chi connectivity index (χ2n) is 5.73. The van der Waals surface area contributed by atoms with Gasteiger partial charge in [-0.3, -0.25) is 4.79 Å². The van der Waals surface area contributed by atoms with Gasteiger partial charge in [-0.1, -0.05) is 36.4 Å². The van der Waals surface area contributed by atoms with Crippen molar-refractivity contribution in [2.24, 2.45) is 0 Å². The van der Waals surface area contributed by atoms with E-state index < -0.39 is 16.1 Å². The molecule has 1 atom stereocenters. The number of nitrogens with zero attached hydrogens (tertiary/aromatic N) is 1. The first-order valence-electron chi connectivity index (χ1n) is 7.96. The minimum atomic E-state index is -3.58. The number of hydrogen-bond donors (Lipinski definition) is 1. The Morgan fingerprint density at radius 2 is 2.00 bits per heavy atom. The van der Waals surface area contributed by atoms with Crippen molar-refractivity contribution in [1.82, 2.24) is 9.62 Å². The molecule has 0 saturated carbocycles. The summed E-state index contributed by atoms with van der Waals surface area (Å²) in [7, 11) is -3.58. The van der Waals surface area contributed by atoms with Gasteiger partial charge in [-0.2, -0.15) is 4.31 Å². The van der Waals surface area contributed by atoms with Gasteiger partial charge in [0.15, 0.2) is 0 Å². The molecule has 1 aromatic heterocycles. The number of thiophene rings is 1. The first-order chi connectivity index (χ1) is 11.6. The van der Waals surface area contributed by atoms with E-state index in [0.29, 0.717) is 30.1 Å². The third kappa shape index (κ3) is 3.68. The first kappa shape index (κ1) is 17.1. The molecule has 1 aliphatic heterocycles. The average molecular weight is 364 g/mol. The molecule has 1 aliphatic rings. The Hall–Kier alpha value is -1.70. The number of carbonyl (C=O) groups excluding carboxylic acids is 1. The van der Waals surface area contributed by atoms with Crippen molar-refractivity contribution in [2.75, 3.05) is 13.1 Å². The molecule has 7 heteroatoms. The van der Waals surface area contributed by atoms with E-state index in [0.717, 1.165) is 12.0 Å². The first-order valence-corrected chi connectivity index (χ1v) is 10.3. The maximum Gasteiger partial charge on any atom is 0.253 e. The molecule has 0 radical (unpaired) electrons. The van der Waals surface area contributed by atoms with Crippen LogP contribution in [0.15, 0.2) is 52.1 Å². The maximum atomic E-state index is 12.7. The summed E-state index contributed by atoms with van der Waals surface area (Å²) in [6.07, 6.45) is 2.01. The van der Waals surface area contributed by atoms with Gasteiger partial charge in [-0.25, -0.2) is 8.42 Å². The number of rotatable bonds is 6. The van der Waals surface area contributed by atoms with E-state index in [2.05, 4.69) is 5.32 Å². The molecular weight excluding hydrogens is 344 g/mol. The van der Waals surface area contributed by atoms with Crippen molar-refractivity contribution >= 4 is 27.3 Å². The topological polar surface area (TPSA) is 66.5 Å². The van der Waals surface area contributed by atoms with Crippen LogP contribution in [0.5, 0.6) is 0 Å². The van der Waals surface area contributed by atoms with Crippen LogP contribution in [0.3, 0.4) is 0 Å². The van der Waals surface area contributed by atoms with E-state index in [9.17, 15) is 13.2 Å². The number of carbonyl (C=O) groups is 1. The Balaban J connectivity index is 1.62. The van der Waals surface area contributed by atoms with Gasteiger partial charge in [-0.15, -0.1) is 11.3 Å². The van der Waals surface area contributed by atoms with Crippen molar-refractivity contribution in [3.63, 3.8) is 0 Å². The van der Waals surface area contributed by atoms with Gasteiger partial charge in [0.05, 0.1) is 0 Å². The molecule has 3 rings (SSSR count). The summed E-state index contributed by atoms with van der Waals surface area (Å²) in [5.74, 6) is -0.205. The monoisotopic (exact) mass is 364 g/mol. The van der Waals surface area contributed by atoms with Crippen LogP contribution < -0.4 is 5.32 Å².